The van der Waals surface area contributed by atoms with E-state index in [4.69, 9.17) is 0 Å². The summed E-state index contributed by atoms with van der Waals surface area (Å²) in [5.74, 6) is 7.16. The summed E-state index contributed by atoms with van der Waals surface area (Å²) in [7, 11) is 0. The molecule has 3 rings (SSSR count). The predicted molar refractivity (Wildman–Crippen MR) is 128 cm³/mol. The van der Waals surface area contributed by atoms with E-state index in [2.05, 4.69) is 47.8 Å². The zero-order valence-corrected chi connectivity index (χ0v) is 19.6. The highest BCUT2D eigenvalue weighted by molar-refractivity contribution is 5.38. The van der Waals surface area contributed by atoms with Crippen molar-refractivity contribution >= 4 is 0 Å². The first-order chi connectivity index (χ1) is 15.9. The topological polar surface area (TPSA) is 9.23 Å². The molecule has 0 saturated heterocycles. The third-order valence-corrected chi connectivity index (χ3v) is 6.51. The molecule has 0 radical (unpaired) electrons. The number of halogens is 3. The molecule has 1 saturated carbocycles. The summed E-state index contributed by atoms with van der Waals surface area (Å²) >= 11 is 0. The molecule has 1 fully saturated rings. The van der Waals surface area contributed by atoms with Crippen LogP contribution in [0.4, 0.5) is 13.2 Å². The van der Waals surface area contributed by atoms with E-state index in [1.807, 2.05) is 0 Å². The summed E-state index contributed by atoms with van der Waals surface area (Å²) in [6, 6.07) is 15.0. The first-order valence-electron chi connectivity index (χ1n) is 12.4. The lowest BCUT2D eigenvalue weighted by Gasteiger charge is -2.26. The number of aryl methyl sites for hydroxylation is 1. The minimum atomic E-state index is -4.67. The lowest BCUT2D eigenvalue weighted by atomic mass is 9.78. The Morgan fingerprint density at radius 2 is 1.45 bits per heavy atom. The quantitative estimate of drug-likeness (QED) is 0.270. The van der Waals surface area contributed by atoms with Crippen molar-refractivity contribution in [3.63, 3.8) is 0 Å². The molecule has 178 valence electrons. The second kappa shape index (κ2) is 12.7. The van der Waals surface area contributed by atoms with Gasteiger partial charge in [-0.2, -0.15) is 0 Å². The smallest absolute Gasteiger partial charge is 0.406 e. The van der Waals surface area contributed by atoms with E-state index >= 15 is 0 Å². The monoisotopic (exact) mass is 456 g/mol. The fraction of sp³-hybridized carbons (Fsp3) is 0.517. The number of alkyl halides is 3. The molecule has 1 aliphatic rings. The Morgan fingerprint density at radius 1 is 0.818 bits per heavy atom. The maximum atomic E-state index is 12.3. The summed E-state index contributed by atoms with van der Waals surface area (Å²) in [6.45, 7) is 2.25. The second-order valence-corrected chi connectivity index (χ2v) is 9.15. The third-order valence-electron chi connectivity index (χ3n) is 6.51. The first-order valence-corrected chi connectivity index (χ1v) is 12.4. The summed E-state index contributed by atoms with van der Waals surface area (Å²) in [4.78, 5) is 0. The molecule has 0 N–H and O–H groups in total. The van der Waals surface area contributed by atoms with Crippen LogP contribution in [0, 0.1) is 17.8 Å². The van der Waals surface area contributed by atoms with Crippen molar-refractivity contribution < 1.29 is 17.9 Å². The molecule has 1 aliphatic carbocycles. The highest BCUT2D eigenvalue weighted by atomic mass is 19.4. The van der Waals surface area contributed by atoms with Gasteiger partial charge in [-0.1, -0.05) is 75.1 Å². The van der Waals surface area contributed by atoms with Crippen LogP contribution in [-0.4, -0.2) is 6.36 Å². The van der Waals surface area contributed by atoms with Gasteiger partial charge < -0.3 is 4.74 Å². The van der Waals surface area contributed by atoms with Gasteiger partial charge in [-0.15, -0.1) is 13.2 Å². The molecule has 0 amide bonds. The van der Waals surface area contributed by atoms with Crippen molar-refractivity contribution in [1.29, 1.82) is 0 Å². The van der Waals surface area contributed by atoms with E-state index in [0.29, 0.717) is 17.4 Å². The van der Waals surface area contributed by atoms with Crippen molar-refractivity contribution in [2.24, 2.45) is 5.92 Å². The van der Waals surface area contributed by atoms with E-state index in [1.165, 1.54) is 68.2 Å². The second-order valence-electron chi connectivity index (χ2n) is 9.15. The molecule has 0 spiro atoms. The van der Waals surface area contributed by atoms with E-state index in [0.717, 1.165) is 25.7 Å². The number of hydrogen-bond acceptors (Lipinski definition) is 1. The SMILES string of the molecule is CCCCCCCCc1ccc(C2CCC(C#Cc3ccc(OC(F)(F)F)cc3)CC2)cc1. The average Bonchev–Trinajstić information content (AvgIpc) is 2.81. The van der Waals surface area contributed by atoms with Crippen molar-refractivity contribution in [1.82, 2.24) is 0 Å². The van der Waals surface area contributed by atoms with Crippen molar-refractivity contribution in [2.45, 2.75) is 89.8 Å². The van der Waals surface area contributed by atoms with Crippen LogP contribution in [0.1, 0.15) is 93.7 Å². The predicted octanol–water partition coefficient (Wildman–Crippen LogP) is 8.81. The van der Waals surface area contributed by atoms with E-state index in [-0.39, 0.29) is 5.75 Å². The minimum absolute atomic E-state index is 0.216. The Morgan fingerprint density at radius 3 is 2.09 bits per heavy atom. The lowest BCUT2D eigenvalue weighted by molar-refractivity contribution is -0.274. The van der Waals surface area contributed by atoms with Gasteiger partial charge in [-0.05, 0) is 79.8 Å². The van der Waals surface area contributed by atoms with Crippen LogP contribution in [0.25, 0.3) is 0 Å². The minimum Gasteiger partial charge on any atom is -0.406 e. The molecule has 0 aliphatic heterocycles. The molecular formula is C29H35F3O. The van der Waals surface area contributed by atoms with Gasteiger partial charge in [0.15, 0.2) is 0 Å². The van der Waals surface area contributed by atoms with Gasteiger partial charge >= 0.3 is 6.36 Å². The Labute approximate surface area is 196 Å². The lowest BCUT2D eigenvalue weighted by Crippen LogP contribution is -2.16. The number of rotatable bonds is 9. The normalized spacial score (nSPS) is 18.4. The first kappa shape index (κ1) is 25.2. The summed E-state index contributed by atoms with van der Waals surface area (Å²) in [6.07, 6.45) is 8.90. The Hall–Kier alpha value is -2.41. The molecule has 0 bridgehead atoms. The van der Waals surface area contributed by atoms with Gasteiger partial charge in [0.05, 0.1) is 0 Å². The Kier molecular flexibility index (Phi) is 9.73. The zero-order valence-electron chi connectivity index (χ0n) is 19.6. The highest BCUT2D eigenvalue weighted by Gasteiger charge is 2.30. The van der Waals surface area contributed by atoms with Crippen LogP contribution in [0.15, 0.2) is 48.5 Å². The number of hydrogen-bond donors (Lipinski definition) is 0. The molecule has 2 aromatic rings. The zero-order chi connectivity index (χ0) is 23.5. The van der Waals surface area contributed by atoms with Gasteiger partial charge in [0, 0.05) is 11.5 Å². The fourth-order valence-electron chi connectivity index (χ4n) is 4.56. The van der Waals surface area contributed by atoms with Crippen LogP contribution in [0.5, 0.6) is 5.75 Å². The van der Waals surface area contributed by atoms with E-state index in [1.54, 1.807) is 12.1 Å². The Balaban J connectivity index is 1.41. The van der Waals surface area contributed by atoms with Gasteiger partial charge in [0.25, 0.3) is 0 Å². The average molecular weight is 457 g/mol. The van der Waals surface area contributed by atoms with Crippen LogP contribution in [0.2, 0.25) is 0 Å². The van der Waals surface area contributed by atoms with Crippen molar-refractivity contribution in [2.75, 3.05) is 0 Å². The van der Waals surface area contributed by atoms with Gasteiger partial charge in [-0.25, -0.2) is 0 Å². The molecule has 0 heterocycles. The van der Waals surface area contributed by atoms with E-state index < -0.39 is 6.36 Å². The maximum Gasteiger partial charge on any atom is 0.573 e. The number of benzene rings is 2. The molecule has 0 atom stereocenters. The molecule has 1 nitrogen and oxygen atoms in total. The molecule has 0 unspecified atom stereocenters. The van der Waals surface area contributed by atoms with Gasteiger partial charge in [-0.3, -0.25) is 0 Å². The molecular weight excluding hydrogens is 421 g/mol. The standard InChI is InChI=1S/C29H35F3O/c1-2-3-4-5-6-7-8-23-11-17-26(18-12-23)27-19-13-24(14-20-27)9-10-25-15-21-28(22-16-25)33-29(30,31)32/h11-12,15-18,21-22,24,27H,2-8,13-14,19-20H2,1H3. The van der Waals surface area contributed by atoms with Gasteiger partial charge in [0.2, 0.25) is 0 Å². The van der Waals surface area contributed by atoms with E-state index in [9.17, 15) is 13.2 Å². The summed E-state index contributed by atoms with van der Waals surface area (Å²) in [5.41, 5.74) is 3.60. The van der Waals surface area contributed by atoms with Crippen LogP contribution >= 0.6 is 0 Å². The van der Waals surface area contributed by atoms with Crippen LogP contribution < -0.4 is 4.74 Å². The van der Waals surface area contributed by atoms with Gasteiger partial charge in [0.1, 0.15) is 5.75 Å². The molecule has 0 aromatic heterocycles. The number of ether oxygens (including phenoxy) is 1. The van der Waals surface area contributed by atoms with Crippen molar-refractivity contribution in [3.8, 4) is 17.6 Å². The summed E-state index contributed by atoms with van der Waals surface area (Å²) in [5, 5.41) is 0. The summed E-state index contributed by atoms with van der Waals surface area (Å²) < 4.78 is 40.7. The van der Waals surface area contributed by atoms with Crippen LogP contribution in [-0.2, 0) is 6.42 Å². The van der Waals surface area contributed by atoms with Crippen molar-refractivity contribution in [3.05, 3.63) is 65.2 Å². The molecule has 2 aromatic carbocycles. The largest absolute Gasteiger partial charge is 0.573 e. The fourth-order valence-corrected chi connectivity index (χ4v) is 4.56. The third kappa shape index (κ3) is 9.16. The van der Waals surface area contributed by atoms with Crippen LogP contribution in [0.3, 0.4) is 0 Å². The highest BCUT2D eigenvalue weighted by Crippen LogP contribution is 2.35. The Bertz CT molecular complexity index is 880. The number of unbranched alkanes of at least 4 members (excludes halogenated alkanes) is 5. The maximum absolute atomic E-state index is 12.3. The molecule has 33 heavy (non-hydrogen) atoms. The molecule has 4 heteroatoms.